The molecule has 144 valence electrons. The Hall–Kier alpha value is -2.32. The lowest BCUT2D eigenvalue weighted by molar-refractivity contribution is -0.124. The van der Waals surface area contributed by atoms with Crippen molar-refractivity contribution in [2.75, 3.05) is 50.8 Å². The van der Waals surface area contributed by atoms with Crippen LogP contribution < -0.4 is 10.2 Å². The van der Waals surface area contributed by atoms with Gasteiger partial charge in [0.05, 0.1) is 25.4 Å². The lowest BCUT2D eigenvalue weighted by Crippen LogP contribution is -2.53. The van der Waals surface area contributed by atoms with E-state index in [1.807, 2.05) is 6.07 Å². The van der Waals surface area contributed by atoms with E-state index in [4.69, 9.17) is 4.74 Å². The van der Waals surface area contributed by atoms with Crippen LogP contribution in [0.5, 0.6) is 0 Å². The first kappa shape index (κ1) is 18.1. The molecule has 2 aliphatic rings. The van der Waals surface area contributed by atoms with Crippen molar-refractivity contribution in [3.05, 3.63) is 24.7 Å². The molecule has 0 radical (unpaired) electrons. The van der Waals surface area contributed by atoms with E-state index in [-0.39, 0.29) is 11.9 Å². The summed E-state index contributed by atoms with van der Waals surface area (Å²) in [4.78, 5) is 30.0. The van der Waals surface area contributed by atoms with Crippen LogP contribution in [-0.4, -0.2) is 77.7 Å². The summed E-state index contributed by atoms with van der Waals surface area (Å²) in [6, 6.07) is 2.11. The third kappa shape index (κ3) is 4.33. The second-order valence-corrected chi connectivity index (χ2v) is 7.46. The molecule has 2 aromatic rings. The average Bonchev–Trinajstić information content (AvgIpc) is 2.67. The molecule has 1 amide bonds. The number of fused-ring (bicyclic) bond motifs is 1. The van der Waals surface area contributed by atoms with Gasteiger partial charge in [0.1, 0.15) is 5.52 Å². The molecular weight excluding hydrogens is 344 g/mol. The number of piperidine rings is 1. The Morgan fingerprint density at radius 1 is 1.19 bits per heavy atom. The summed E-state index contributed by atoms with van der Waals surface area (Å²) in [6.45, 7) is 7.43. The molecule has 0 bridgehead atoms. The number of anilines is 1. The molecular formula is C19H26N6O2. The maximum Gasteiger partial charge on any atom is 0.234 e. The number of pyridine rings is 1. The fourth-order valence-electron chi connectivity index (χ4n) is 4.01. The molecule has 2 aromatic heterocycles. The minimum absolute atomic E-state index is 0.0929. The largest absolute Gasteiger partial charge is 0.379 e. The first-order valence-electron chi connectivity index (χ1n) is 9.59. The average molecular weight is 370 g/mol. The maximum atomic E-state index is 12.5. The number of amides is 1. The number of nitrogens with one attached hydrogen (secondary N) is 1. The van der Waals surface area contributed by atoms with Crippen LogP contribution in [0.15, 0.2) is 24.7 Å². The molecule has 2 atom stereocenters. The highest BCUT2D eigenvalue weighted by atomic mass is 16.5. The Labute approximate surface area is 158 Å². The highest BCUT2D eigenvalue weighted by Crippen LogP contribution is 2.27. The molecule has 4 heterocycles. The van der Waals surface area contributed by atoms with Crippen molar-refractivity contribution in [1.82, 2.24) is 25.2 Å². The summed E-state index contributed by atoms with van der Waals surface area (Å²) in [5.41, 5.74) is 2.50. The predicted molar refractivity (Wildman–Crippen MR) is 103 cm³/mol. The molecule has 1 N–H and O–H groups in total. The fraction of sp³-hybridized carbons (Fsp3) is 0.579. The Morgan fingerprint density at radius 3 is 2.81 bits per heavy atom. The van der Waals surface area contributed by atoms with E-state index < -0.39 is 0 Å². The summed E-state index contributed by atoms with van der Waals surface area (Å²) in [5, 5.41) is 3.23. The van der Waals surface area contributed by atoms with Gasteiger partial charge in [-0.2, -0.15) is 0 Å². The molecule has 0 saturated carbocycles. The van der Waals surface area contributed by atoms with Gasteiger partial charge in [0.2, 0.25) is 5.91 Å². The predicted octanol–water partition coefficient (Wildman–Crippen LogP) is 0.688. The smallest absolute Gasteiger partial charge is 0.234 e. The number of carbonyl (C=O) groups is 1. The molecule has 27 heavy (non-hydrogen) atoms. The van der Waals surface area contributed by atoms with Crippen LogP contribution in [0, 0.1) is 5.92 Å². The number of aromatic nitrogens is 3. The van der Waals surface area contributed by atoms with Crippen LogP contribution in [0.3, 0.4) is 0 Å². The summed E-state index contributed by atoms with van der Waals surface area (Å²) in [7, 11) is 0. The number of carbonyl (C=O) groups excluding carboxylic acids is 1. The summed E-state index contributed by atoms with van der Waals surface area (Å²) in [6.07, 6.45) is 6.12. The minimum atomic E-state index is 0.0929. The number of ether oxygens (including phenoxy) is 1. The SMILES string of the molecule is C[C@H]1C[C@@H](NC(=O)CN2CCOCC2)CN(c2ccnc3nccnc23)C1. The number of morpholine rings is 1. The Balaban J connectivity index is 1.44. The molecule has 0 aromatic carbocycles. The van der Waals surface area contributed by atoms with Gasteiger partial charge in [0.15, 0.2) is 5.65 Å². The van der Waals surface area contributed by atoms with Crippen LogP contribution in [-0.2, 0) is 9.53 Å². The van der Waals surface area contributed by atoms with Crippen molar-refractivity contribution in [2.45, 2.75) is 19.4 Å². The van der Waals surface area contributed by atoms with Gasteiger partial charge in [0, 0.05) is 50.8 Å². The van der Waals surface area contributed by atoms with E-state index in [0.29, 0.717) is 31.3 Å². The number of nitrogens with zero attached hydrogens (tertiary/aromatic N) is 5. The van der Waals surface area contributed by atoms with Gasteiger partial charge in [-0.05, 0) is 18.4 Å². The summed E-state index contributed by atoms with van der Waals surface area (Å²) < 4.78 is 5.35. The zero-order valence-electron chi connectivity index (χ0n) is 15.7. The highest BCUT2D eigenvalue weighted by molar-refractivity contribution is 5.85. The molecule has 2 aliphatic heterocycles. The topological polar surface area (TPSA) is 83.5 Å². The van der Waals surface area contributed by atoms with Crippen LogP contribution in [0.25, 0.3) is 11.2 Å². The summed E-state index contributed by atoms with van der Waals surface area (Å²) >= 11 is 0. The Kier molecular flexibility index (Phi) is 5.45. The first-order chi connectivity index (χ1) is 13.2. The monoisotopic (exact) mass is 370 g/mol. The van der Waals surface area contributed by atoms with Crippen molar-refractivity contribution in [1.29, 1.82) is 0 Å². The number of rotatable bonds is 4. The van der Waals surface area contributed by atoms with E-state index in [0.717, 1.165) is 43.8 Å². The van der Waals surface area contributed by atoms with Gasteiger partial charge in [-0.25, -0.2) is 15.0 Å². The lowest BCUT2D eigenvalue weighted by atomic mass is 9.95. The quantitative estimate of drug-likeness (QED) is 0.848. The number of hydrogen-bond acceptors (Lipinski definition) is 7. The van der Waals surface area contributed by atoms with Crippen LogP contribution in [0.1, 0.15) is 13.3 Å². The lowest BCUT2D eigenvalue weighted by Gasteiger charge is -2.38. The summed E-state index contributed by atoms with van der Waals surface area (Å²) in [5.74, 6) is 0.572. The van der Waals surface area contributed by atoms with Crippen LogP contribution in [0.2, 0.25) is 0 Å². The standard InChI is InChI=1S/C19H26N6O2/c1-14-10-15(23-17(26)13-24-6-8-27-9-7-24)12-25(11-14)16-2-3-21-19-18(16)20-4-5-22-19/h2-5,14-15H,6-13H2,1H3,(H,23,26)/t14-,15+/m0/s1. The minimum Gasteiger partial charge on any atom is -0.379 e. The zero-order valence-corrected chi connectivity index (χ0v) is 15.7. The molecule has 2 fully saturated rings. The van der Waals surface area contributed by atoms with Gasteiger partial charge in [-0.15, -0.1) is 0 Å². The molecule has 0 unspecified atom stereocenters. The van der Waals surface area contributed by atoms with Gasteiger partial charge in [-0.1, -0.05) is 6.92 Å². The molecule has 4 rings (SSSR count). The molecule has 2 saturated heterocycles. The van der Waals surface area contributed by atoms with Crippen LogP contribution in [0.4, 0.5) is 5.69 Å². The van der Waals surface area contributed by atoms with E-state index >= 15 is 0 Å². The van der Waals surface area contributed by atoms with Crippen molar-refractivity contribution in [2.24, 2.45) is 5.92 Å². The molecule has 8 nitrogen and oxygen atoms in total. The molecule has 0 spiro atoms. The van der Waals surface area contributed by atoms with Crippen molar-refractivity contribution < 1.29 is 9.53 Å². The van der Waals surface area contributed by atoms with Crippen LogP contribution >= 0.6 is 0 Å². The van der Waals surface area contributed by atoms with Crippen molar-refractivity contribution in [3.8, 4) is 0 Å². The Morgan fingerprint density at radius 2 is 1.96 bits per heavy atom. The van der Waals surface area contributed by atoms with E-state index in [1.165, 1.54) is 0 Å². The third-order valence-electron chi connectivity index (χ3n) is 5.19. The van der Waals surface area contributed by atoms with Crippen molar-refractivity contribution >= 4 is 22.8 Å². The van der Waals surface area contributed by atoms with E-state index in [9.17, 15) is 4.79 Å². The Bertz CT molecular complexity index is 789. The van der Waals surface area contributed by atoms with E-state index in [2.05, 4.69) is 37.0 Å². The van der Waals surface area contributed by atoms with Gasteiger partial charge >= 0.3 is 0 Å². The van der Waals surface area contributed by atoms with E-state index in [1.54, 1.807) is 18.6 Å². The molecule has 0 aliphatic carbocycles. The van der Waals surface area contributed by atoms with Gasteiger partial charge in [0.25, 0.3) is 0 Å². The second kappa shape index (κ2) is 8.14. The van der Waals surface area contributed by atoms with Crippen molar-refractivity contribution in [3.63, 3.8) is 0 Å². The molecule has 8 heteroatoms. The first-order valence-corrected chi connectivity index (χ1v) is 9.59. The second-order valence-electron chi connectivity index (χ2n) is 7.46. The fourth-order valence-corrected chi connectivity index (χ4v) is 4.01. The van der Waals surface area contributed by atoms with Gasteiger partial charge < -0.3 is 15.0 Å². The highest BCUT2D eigenvalue weighted by Gasteiger charge is 2.28. The maximum absolute atomic E-state index is 12.5. The number of hydrogen-bond donors (Lipinski definition) is 1. The third-order valence-corrected chi connectivity index (χ3v) is 5.19. The van der Waals surface area contributed by atoms with Gasteiger partial charge in [-0.3, -0.25) is 9.69 Å². The zero-order chi connectivity index (χ0) is 18.6. The normalized spacial score (nSPS) is 24.1.